The van der Waals surface area contributed by atoms with Crippen LogP contribution >= 0.6 is 34.8 Å². The molecule has 0 aliphatic heterocycles. The molecule has 0 radical (unpaired) electrons. The standard InChI is InChI=1S/C34H34Cl3N3O4S/c1-3-24(2)38-34(42)32(21-25-13-6-4-7-14-25)39(22-27-28(35)18-12-19-29(27)36)33(41)23-40(31-20-11-10-17-30(31)37)45(43,44)26-15-8-5-9-16-26/h4-20,24,32H,3,21-23H2,1-2H3,(H,38,42)/t24-,32+/m1/s1. The normalized spacial score (nSPS) is 12.6. The van der Waals surface area contributed by atoms with Gasteiger partial charge in [-0.15, -0.1) is 0 Å². The largest absolute Gasteiger partial charge is 0.352 e. The van der Waals surface area contributed by atoms with E-state index in [1.807, 2.05) is 44.2 Å². The van der Waals surface area contributed by atoms with E-state index < -0.39 is 28.5 Å². The fourth-order valence-electron chi connectivity index (χ4n) is 4.74. The zero-order valence-electron chi connectivity index (χ0n) is 24.9. The second-order valence-corrected chi connectivity index (χ2v) is 13.6. The van der Waals surface area contributed by atoms with Gasteiger partial charge in [0.05, 0.1) is 15.6 Å². The number of halogens is 3. The Morgan fingerprint density at radius 3 is 1.93 bits per heavy atom. The maximum Gasteiger partial charge on any atom is 0.264 e. The first kappa shape index (κ1) is 34.3. The first-order chi connectivity index (χ1) is 21.5. The van der Waals surface area contributed by atoms with E-state index in [4.69, 9.17) is 34.8 Å². The van der Waals surface area contributed by atoms with Crippen molar-refractivity contribution in [1.29, 1.82) is 0 Å². The molecule has 2 amide bonds. The van der Waals surface area contributed by atoms with E-state index in [0.717, 1.165) is 9.87 Å². The number of benzene rings is 4. The van der Waals surface area contributed by atoms with Crippen LogP contribution in [0.15, 0.2) is 108 Å². The van der Waals surface area contributed by atoms with Gasteiger partial charge in [-0.1, -0.05) is 108 Å². The molecule has 4 rings (SSSR count). The van der Waals surface area contributed by atoms with Gasteiger partial charge in [0.1, 0.15) is 12.6 Å². The Labute approximate surface area is 279 Å². The molecule has 45 heavy (non-hydrogen) atoms. The maximum absolute atomic E-state index is 14.5. The summed E-state index contributed by atoms with van der Waals surface area (Å²) in [5, 5.41) is 3.75. The van der Waals surface area contributed by atoms with Crippen LogP contribution in [0.4, 0.5) is 5.69 Å². The summed E-state index contributed by atoms with van der Waals surface area (Å²) in [6.07, 6.45) is 0.831. The number of anilines is 1. The minimum absolute atomic E-state index is 0.0197. The molecule has 4 aromatic carbocycles. The third-order valence-electron chi connectivity index (χ3n) is 7.39. The molecule has 11 heteroatoms. The summed E-state index contributed by atoms with van der Waals surface area (Å²) in [5.74, 6) is -1.04. The molecule has 0 heterocycles. The van der Waals surface area contributed by atoms with E-state index in [2.05, 4.69) is 5.32 Å². The van der Waals surface area contributed by atoms with Crippen molar-refractivity contribution in [1.82, 2.24) is 10.2 Å². The van der Waals surface area contributed by atoms with Gasteiger partial charge in [0.2, 0.25) is 11.8 Å². The molecule has 0 unspecified atom stereocenters. The quantitative estimate of drug-likeness (QED) is 0.159. The topological polar surface area (TPSA) is 86.8 Å². The number of carbonyl (C=O) groups excluding carboxylic acids is 2. The van der Waals surface area contributed by atoms with E-state index in [1.165, 1.54) is 23.1 Å². The zero-order chi connectivity index (χ0) is 32.6. The third-order valence-corrected chi connectivity index (χ3v) is 10.2. The molecule has 236 valence electrons. The number of sulfonamides is 1. The van der Waals surface area contributed by atoms with Gasteiger partial charge in [0.15, 0.2) is 0 Å². The Kier molecular flexibility index (Phi) is 11.9. The fourth-order valence-corrected chi connectivity index (χ4v) is 6.99. The highest BCUT2D eigenvalue weighted by molar-refractivity contribution is 7.92. The summed E-state index contributed by atoms with van der Waals surface area (Å²) in [6.45, 7) is 3.02. The smallest absolute Gasteiger partial charge is 0.264 e. The first-order valence-electron chi connectivity index (χ1n) is 14.4. The molecule has 7 nitrogen and oxygen atoms in total. The van der Waals surface area contributed by atoms with Gasteiger partial charge in [0, 0.05) is 34.6 Å². The van der Waals surface area contributed by atoms with E-state index in [0.29, 0.717) is 22.0 Å². The predicted molar refractivity (Wildman–Crippen MR) is 181 cm³/mol. The minimum atomic E-state index is -4.27. The van der Waals surface area contributed by atoms with Gasteiger partial charge >= 0.3 is 0 Å². The summed E-state index contributed by atoms with van der Waals surface area (Å²) in [4.78, 5) is 29.8. The first-order valence-corrected chi connectivity index (χ1v) is 17.0. The van der Waals surface area contributed by atoms with Crippen LogP contribution in [0, 0.1) is 0 Å². The number of amides is 2. The predicted octanol–water partition coefficient (Wildman–Crippen LogP) is 7.40. The second-order valence-electron chi connectivity index (χ2n) is 10.5. The molecule has 0 aromatic heterocycles. The molecule has 0 spiro atoms. The SMILES string of the molecule is CC[C@@H](C)NC(=O)[C@H](Cc1ccccc1)N(Cc1c(Cl)cccc1Cl)C(=O)CN(c1ccccc1Cl)S(=O)(=O)c1ccccc1. The van der Waals surface area contributed by atoms with Crippen LogP contribution in [0.2, 0.25) is 15.1 Å². The van der Waals surface area contributed by atoms with Crippen molar-refractivity contribution in [3.8, 4) is 0 Å². The molecule has 0 aliphatic carbocycles. The summed E-state index contributed by atoms with van der Waals surface area (Å²) in [5.41, 5.74) is 1.36. The van der Waals surface area contributed by atoms with Gasteiger partial charge < -0.3 is 10.2 Å². The van der Waals surface area contributed by atoms with Crippen LogP contribution in [0.1, 0.15) is 31.4 Å². The molecule has 2 atom stereocenters. The average Bonchev–Trinajstić information content (AvgIpc) is 3.03. The summed E-state index contributed by atoms with van der Waals surface area (Å²) < 4.78 is 29.1. The summed E-state index contributed by atoms with van der Waals surface area (Å²) >= 11 is 19.6. The van der Waals surface area contributed by atoms with Crippen molar-refractivity contribution in [2.24, 2.45) is 0 Å². The molecule has 4 aromatic rings. The van der Waals surface area contributed by atoms with Crippen LogP contribution in [-0.4, -0.2) is 43.8 Å². The zero-order valence-corrected chi connectivity index (χ0v) is 28.0. The van der Waals surface area contributed by atoms with Gasteiger partial charge in [0.25, 0.3) is 10.0 Å². The second kappa shape index (κ2) is 15.6. The van der Waals surface area contributed by atoms with Gasteiger partial charge in [-0.25, -0.2) is 8.42 Å². The number of nitrogens with one attached hydrogen (secondary N) is 1. The molecule has 0 aliphatic rings. The highest BCUT2D eigenvalue weighted by Crippen LogP contribution is 2.32. The molecule has 0 saturated carbocycles. The molecular formula is C34H34Cl3N3O4S. The highest BCUT2D eigenvalue weighted by atomic mass is 35.5. The van der Waals surface area contributed by atoms with Crippen LogP contribution in [0.5, 0.6) is 0 Å². The van der Waals surface area contributed by atoms with Crippen molar-refractivity contribution < 1.29 is 18.0 Å². The van der Waals surface area contributed by atoms with Crippen LogP contribution < -0.4 is 9.62 Å². The monoisotopic (exact) mass is 685 g/mol. The lowest BCUT2D eigenvalue weighted by molar-refractivity contribution is -0.140. The van der Waals surface area contributed by atoms with Crippen molar-refractivity contribution in [2.75, 3.05) is 10.8 Å². The van der Waals surface area contributed by atoms with E-state index in [-0.39, 0.29) is 40.5 Å². The molecule has 1 N–H and O–H groups in total. The fraction of sp³-hybridized carbons (Fsp3) is 0.235. The van der Waals surface area contributed by atoms with Gasteiger partial charge in [-0.2, -0.15) is 0 Å². The van der Waals surface area contributed by atoms with Gasteiger partial charge in [-0.3, -0.25) is 13.9 Å². The minimum Gasteiger partial charge on any atom is -0.352 e. The van der Waals surface area contributed by atoms with Crippen molar-refractivity contribution in [3.63, 3.8) is 0 Å². The lowest BCUT2D eigenvalue weighted by atomic mass is 10.0. The Balaban J connectivity index is 1.85. The Bertz CT molecular complexity index is 1700. The van der Waals surface area contributed by atoms with Crippen molar-refractivity contribution >= 4 is 62.3 Å². The Hall–Kier alpha value is -3.56. The number of para-hydroxylation sites is 1. The van der Waals surface area contributed by atoms with Gasteiger partial charge in [-0.05, 0) is 55.3 Å². The van der Waals surface area contributed by atoms with E-state index >= 15 is 0 Å². The number of nitrogens with zero attached hydrogens (tertiary/aromatic N) is 2. The van der Waals surface area contributed by atoms with E-state index in [1.54, 1.807) is 54.6 Å². The number of carbonyl (C=O) groups is 2. The van der Waals surface area contributed by atoms with E-state index in [9.17, 15) is 18.0 Å². The van der Waals surface area contributed by atoms with Crippen LogP contribution in [0.25, 0.3) is 0 Å². The van der Waals surface area contributed by atoms with Crippen LogP contribution in [0.3, 0.4) is 0 Å². The third kappa shape index (κ3) is 8.58. The molecule has 0 bridgehead atoms. The lowest BCUT2D eigenvalue weighted by Crippen LogP contribution is -2.54. The molecule has 0 saturated heterocycles. The maximum atomic E-state index is 14.5. The lowest BCUT2D eigenvalue weighted by Gasteiger charge is -2.34. The summed E-state index contributed by atoms with van der Waals surface area (Å²) in [6, 6.07) is 27.2. The number of hydrogen-bond acceptors (Lipinski definition) is 4. The average molecular weight is 687 g/mol. The molecule has 0 fully saturated rings. The summed E-state index contributed by atoms with van der Waals surface area (Å²) in [7, 11) is -4.27. The number of rotatable bonds is 13. The number of hydrogen-bond donors (Lipinski definition) is 1. The highest BCUT2D eigenvalue weighted by Gasteiger charge is 2.36. The molecular weight excluding hydrogens is 653 g/mol. The Morgan fingerprint density at radius 1 is 0.778 bits per heavy atom. The van der Waals surface area contributed by atoms with Crippen LogP contribution in [-0.2, 0) is 32.6 Å². The Morgan fingerprint density at radius 2 is 1.33 bits per heavy atom. The van der Waals surface area contributed by atoms with Crippen molar-refractivity contribution in [3.05, 3.63) is 129 Å². The van der Waals surface area contributed by atoms with Crippen molar-refractivity contribution in [2.45, 2.75) is 50.2 Å².